The average molecular weight is 263 g/mol. The number of carbonyl (C=O) groups is 2. The minimum Gasteiger partial charge on any atom is -0.478 e. The summed E-state index contributed by atoms with van der Waals surface area (Å²) >= 11 is 0. The van der Waals surface area contributed by atoms with Crippen molar-refractivity contribution in [1.82, 2.24) is 4.90 Å². The zero-order chi connectivity index (χ0) is 14.0. The Balaban J connectivity index is 2.12. The van der Waals surface area contributed by atoms with Crippen LogP contribution in [0.4, 0.5) is 0 Å². The molecule has 0 aliphatic carbocycles. The van der Waals surface area contributed by atoms with E-state index in [2.05, 4.69) is 0 Å². The molecule has 5 heteroatoms. The lowest BCUT2D eigenvalue weighted by molar-refractivity contribution is -0.00202. The molecule has 1 saturated heterocycles. The van der Waals surface area contributed by atoms with E-state index in [0.717, 1.165) is 0 Å². The summed E-state index contributed by atoms with van der Waals surface area (Å²) in [5, 5.41) is 18.8. The fourth-order valence-corrected chi connectivity index (χ4v) is 2.16. The third-order valence-corrected chi connectivity index (χ3v) is 3.48. The molecule has 1 heterocycles. The number of carbonyl (C=O) groups excluding carboxylic acids is 1. The van der Waals surface area contributed by atoms with Crippen LogP contribution in [-0.2, 0) is 0 Å². The minimum absolute atomic E-state index is 0.106. The molecule has 102 valence electrons. The number of rotatable bonds is 2. The topological polar surface area (TPSA) is 77.8 Å². The second kappa shape index (κ2) is 5.01. The first-order valence-corrected chi connectivity index (χ1v) is 6.24. The molecule has 0 radical (unpaired) electrons. The van der Waals surface area contributed by atoms with E-state index < -0.39 is 11.6 Å². The van der Waals surface area contributed by atoms with Gasteiger partial charge in [-0.15, -0.1) is 0 Å². The minimum atomic E-state index is -1.05. The van der Waals surface area contributed by atoms with E-state index in [4.69, 9.17) is 5.11 Å². The van der Waals surface area contributed by atoms with Crippen molar-refractivity contribution in [3.8, 4) is 0 Å². The smallest absolute Gasteiger partial charge is 0.335 e. The number of aromatic carboxylic acids is 1. The number of likely N-dealkylation sites (tertiary alicyclic amines) is 1. The summed E-state index contributed by atoms with van der Waals surface area (Å²) in [4.78, 5) is 24.8. The largest absolute Gasteiger partial charge is 0.478 e. The predicted octanol–water partition coefficient (Wildman–Crippen LogP) is 1.37. The van der Waals surface area contributed by atoms with Gasteiger partial charge in [-0.05, 0) is 38.0 Å². The molecule has 0 saturated carbocycles. The second-order valence-corrected chi connectivity index (χ2v) is 5.18. The highest BCUT2D eigenvalue weighted by atomic mass is 16.4. The van der Waals surface area contributed by atoms with Gasteiger partial charge in [0.2, 0.25) is 0 Å². The zero-order valence-electron chi connectivity index (χ0n) is 10.8. The molecule has 1 amide bonds. The molecule has 0 bridgehead atoms. The average Bonchev–Trinajstić information content (AvgIpc) is 2.38. The number of carboxylic acids is 1. The van der Waals surface area contributed by atoms with Gasteiger partial charge in [0.05, 0.1) is 11.2 Å². The van der Waals surface area contributed by atoms with Crippen LogP contribution in [-0.4, -0.2) is 45.7 Å². The van der Waals surface area contributed by atoms with Gasteiger partial charge in [-0.25, -0.2) is 4.79 Å². The highest BCUT2D eigenvalue weighted by Gasteiger charge is 2.30. The van der Waals surface area contributed by atoms with Gasteiger partial charge < -0.3 is 15.1 Å². The summed E-state index contributed by atoms with van der Waals surface area (Å²) in [6, 6.07) is 6.02. The van der Waals surface area contributed by atoms with Crippen molar-refractivity contribution in [2.24, 2.45) is 0 Å². The number of hydrogen-bond donors (Lipinski definition) is 2. The molecular weight excluding hydrogens is 246 g/mol. The lowest BCUT2D eigenvalue weighted by atomic mass is 9.93. The maximum Gasteiger partial charge on any atom is 0.335 e. The van der Waals surface area contributed by atoms with Crippen LogP contribution in [0, 0.1) is 0 Å². The molecule has 0 atom stereocenters. The van der Waals surface area contributed by atoms with E-state index in [9.17, 15) is 14.7 Å². The van der Waals surface area contributed by atoms with Crippen LogP contribution in [0.5, 0.6) is 0 Å². The summed E-state index contributed by atoms with van der Waals surface area (Å²) in [5.74, 6) is -1.23. The Morgan fingerprint density at radius 2 is 1.79 bits per heavy atom. The van der Waals surface area contributed by atoms with Crippen LogP contribution >= 0.6 is 0 Å². The predicted molar refractivity (Wildman–Crippen MR) is 69.2 cm³/mol. The molecule has 1 fully saturated rings. The molecule has 1 aromatic carbocycles. The lowest BCUT2D eigenvalue weighted by Gasteiger charge is -2.35. The van der Waals surface area contributed by atoms with Gasteiger partial charge in [-0.1, -0.05) is 6.07 Å². The normalized spacial score (nSPS) is 18.1. The van der Waals surface area contributed by atoms with Gasteiger partial charge in [-0.3, -0.25) is 4.79 Å². The van der Waals surface area contributed by atoms with Gasteiger partial charge in [0.25, 0.3) is 5.91 Å². The third-order valence-electron chi connectivity index (χ3n) is 3.48. The first-order chi connectivity index (χ1) is 8.89. The number of piperidine rings is 1. The first kappa shape index (κ1) is 13.5. The van der Waals surface area contributed by atoms with Crippen LogP contribution in [0.2, 0.25) is 0 Å². The van der Waals surface area contributed by atoms with E-state index in [-0.39, 0.29) is 11.5 Å². The number of nitrogens with zero attached hydrogens (tertiary/aromatic N) is 1. The van der Waals surface area contributed by atoms with E-state index in [1.165, 1.54) is 12.1 Å². The van der Waals surface area contributed by atoms with E-state index in [1.54, 1.807) is 24.0 Å². The van der Waals surface area contributed by atoms with Crippen molar-refractivity contribution >= 4 is 11.9 Å². The maximum absolute atomic E-state index is 12.2. The molecule has 1 aromatic rings. The second-order valence-electron chi connectivity index (χ2n) is 5.18. The van der Waals surface area contributed by atoms with Crippen LogP contribution in [0.3, 0.4) is 0 Å². The SMILES string of the molecule is CC1(O)CCN(C(=O)c2cccc(C(=O)O)c2)CC1. The quantitative estimate of drug-likeness (QED) is 0.844. The Kier molecular flexibility index (Phi) is 3.57. The highest BCUT2D eigenvalue weighted by molar-refractivity contribution is 5.97. The van der Waals surface area contributed by atoms with Gasteiger partial charge in [0, 0.05) is 18.7 Å². The lowest BCUT2D eigenvalue weighted by Crippen LogP contribution is -2.45. The van der Waals surface area contributed by atoms with Crippen molar-refractivity contribution in [2.75, 3.05) is 13.1 Å². The highest BCUT2D eigenvalue weighted by Crippen LogP contribution is 2.22. The summed E-state index contributed by atoms with van der Waals surface area (Å²) in [6.07, 6.45) is 1.08. The van der Waals surface area contributed by atoms with Crippen LogP contribution in [0.15, 0.2) is 24.3 Å². The monoisotopic (exact) mass is 263 g/mol. The Hall–Kier alpha value is -1.88. The molecule has 2 N–H and O–H groups in total. The summed E-state index contributed by atoms with van der Waals surface area (Å²) in [5.41, 5.74) is -0.226. The number of carboxylic acid groups (broad SMARTS) is 1. The van der Waals surface area contributed by atoms with E-state index >= 15 is 0 Å². The molecule has 0 spiro atoms. The van der Waals surface area contributed by atoms with Crippen LogP contribution < -0.4 is 0 Å². The molecular formula is C14H17NO4. The van der Waals surface area contributed by atoms with Gasteiger partial charge in [0.15, 0.2) is 0 Å². The number of benzene rings is 1. The molecule has 19 heavy (non-hydrogen) atoms. The van der Waals surface area contributed by atoms with Crippen molar-refractivity contribution < 1.29 is 19.8 Å². The standard InChI is InChI=1S/C14H17NO4/c1-14(19)5-7-15(8-6-14)12(16)10-3-2-4-11(9-10)13(17)18/h2-4,9,19H,5-8H2,1H3,(H,17,18). The van der Waals surface area contributed by atoms with Gasteiger partial charge >= 0.3 is 5.97 Å². The Morgan fingerprint density at radius 1 is 1.21 bits per heavy atom. The Morgan fingerprint density at radius 3 is 2.37 bits per heavy atom. The van der Waals surface area contributed by atoms with E-state index in [0.29, 0.717) is 31.5 Å². The Bertz CT molecular complexity index is 500. The van der Waals surface area contributed by atoms with Crippen LogP contribution in [0.1, 0.15) is 40.5 Å². The first-order valence-electron chi connectivity index (χ1n) is 6.24. The molecule has 1 aliphatic rings. The fraction of sp³-hybridized carbons (Fsp3) is 0.429. The molecule has 0 aromatic heterocycles. The zero-order valence-corrected chi connectivity index (χ0v) is 10.8. The summed E-state index contributed by atoms with van der Waals surface area (Å²) < 4.78 is 0. The summed E-state index contributed by atoms with van der Waals surface area (Å²) in [6.45, 7) is 2.74. The molecule has 0 unspecified atom stereocenters. The number of amides is 1. The van der Waals surface area contributed by atoms with Gasteiger partial charge in [-0.2, -0.15) is 0 Å². The van der Waals surface area contributed by atoms with E-state index in [1.807, 2.05) is 0 Å². The van der Waals surface area contributed by atoms with Crippen molar-refractivity contribution in [2.45, 2.75) is 25.4 Å². The van der Waals surface area contributed by atoms with Crippen molar-refractivity contribution in [3.05, 3.63) is 35.4 Å². The Labute approximate surface area is 111 Å². The van der Waals surface area contributed by atoms with Gasteiger partial charge in [0.1, 0.15) is 0 Å². The van der Waals surface area contributed by atoms with Crippen molar-refractivity contribution in [1.29, 1.82) is 0 Å². The third kappa shape index (κ3) is 3.12. The van der Waals surface area contributed by atoms with Crippen LogP contribution in [0.25, 0.3) is 0 Å². The maximum atomic E-state index is 12.2. The molecule has 1 aliphatic heterocycles. The number of hydrogen-bond acceptors (Lipinski definition) is 3. The molecule has 2 rings (SSSR count). The fourth-order valence-electron chi connectivity index (χ4n) is 2.16. The molecule has 5 nitrogen and oxygen atoms in total. The number of aliphatic hydroxyl groups is 1. The van der Waals surface area contributed by atoms with Crippen molar-refractivity contribution in [3.63, 3.8) is 0 Å². The summed E-state index contributed by atoms with van der Waals surface area (Å²) in [7, 11) is 0.